The molecule has 0 aromatic heterocycles. The molecular formula is C31H44ClN3O5. The largest absolute Gasteiger partial charge is 0.478 e. The van der Waals surface area contributed by atoms with Gasteiger partial charge in [-0.2, -0.15) is 0 Å². The second-order valence-corrected chi connectivity index (χ2v) is 10.9. The molecule has 2 N–H and O–H groups in total. The third kappa shape index (κ3) is 10.1. The minimum absolute atomic E-state index is 0. The van der Waals surface area contributed by atoms with E-state index in [0.29, 0.717) is 23.8 Å². The van der Waals surface area contributed by atoms with Crippen molar-refractivity contribution in [3.63, 3.8) is 0 Å². The van der Waals surface area contributed by atoms with Gasteiger partial charge in [0.15, 0.2) is 0 Å². The van der Waals surface area contributed by atoms with Crippen LogP contribution in [0.25, 0.3) is 0 Å². The zero-order chi connectivity index (χ0) is 28.4. The summed E-state index contributed by atoms with van der Waals surface area (Å²) < 4.78 is 5.85. The molecule has 0 aliphatic carbocycles. The van der Waals surface area contributed by atoms with E-state index in [9.17, 15) is 14.4 Å². The van der Waals surface area contributed by atoms with E-state index in [2.05, 4.69) is 31.0 Å². The second kappa shape index (κ2) is 16.2. The Balaban J connectivity index is 0.00000560. The molecule has 2 amide bonds. The molecule has 2 aromatic carbocycles. The number of carboxylic acids is 1. The van der Waals surface area contributed by atoms with Crippen LogP contribution in [0.2, 0.25) is 0 Å². The highest BCUT2D eigenvalue weighted by molar-refractivity contribution is 5.88. The van der Waals surface area contributed by atoms with E-state index in [-0.39, 0.29) is 35.8 Å². The molecule has 0 radical (unpaired) electrons. The average molecular weight is 574 g/mol. The number of aromatic carboxylic acids is 1. The summed E-state index contributed by atoms with van der Waals surface area (Å²) in [5, 5.41) is 11.9. The number of halogens is 1. The predicted octanol–water partition coefficient (Wildman–Crippen LogP) is 5.74. The summed E-state index contributed by atoms with van der Waals surface area (Å²) in [7, 11) is 0. The molecule has 1 heterocycles. The van der Waals surface area contributed by atoms with Crippen molar-refractivity contribution in [2.24, 2.45) is 5.92 Å². The molecule has 8 nitrogen and oxygen atoms in total. The van der Waals surface area contributed by atoms with Crippen molar-refractivity contribution in [3.05, 3.63) is 59.7 Å². The first-order valence-electron chi connectivity index (χ1n) is 14.1. The van der Waals surface area contributed by atoms with Gasteiger partial charge in [0.2, 0.25) is 11.8 Å². The van der Waals surface area contributed by atoms with Gasteiger partial charge in [-0.05, 0) is 73.6 Å². The molecule has 220 valence electrons. The number of piperidine rings is 1. The lowest BCUT2D eigenvalue weighted by Crippen LogP contribution is -2.54. The first-order chi connectivity index (χ1) is 18.7. The molecule has 1 atom stereocenters. The van der Waals surface area contributed by atoms with Gasteiger partial charge in [0.1, 0.15) is 17.5 Å². The lowest BCUT2D eigenvalue weighted by atomic mass is 9.98. The van der Waals surface area contributed by atoms with Gasteiger partial charge < -0.3 is 20.1 Å². The smallest absolute Gasteiger partial charge is 0.335 e. The standard InChI is InChI=1S/C31H43N3O5.ClH/c1-5-6-17-34(30(36)29(20-22(2)3)32-23(4)35)26-15-18-33(19-16-26)21-24-7-11-27(12-8-24)39-28-13-9-25(10-14-28)31(37)38;/h7-14,22,26,29H,5-6,15-21H2,1-4H3,(H,32,35)(H,37,38);1H/t29-;/m0./s1. The number of carboxylic acid groups (broad SMARTS) is 1. The maximum atomic E-state index is 13.6. The molecule has 1 fully saturated rings. The van der Waals surface area contributed by atoms with Gasteiger partial charge in [-0.1, -0.05) is 39.3 Å². The first kappa shape index (κ1) is 33.1. The van der Waals surface area contributed by atoms with Crippen LogP contribution in [0.1, 0.15) is 75.7 Å². The molecule has 1 saturated heterocycles. The van der Waals surface area contributed by atoms with Crippen molar-refractivity contribution in [3.8, 4) is 11.5 Å². The van der Waals surface area contributed by atoms with Crippen LogP contribution in [0.15, 0.2) is 48.5 Å². The van der Waals surface area contributed by atoms with Gasteiger partial charge >= 0.3 is 5.97 Å². The van der Waals surface area contributed by atoms with Gasteiger partial charge in [-0.15, -0.1) is 12.4 Å². The molecule has 0 unspecified atom stereocenters. The topological polar surface area (TPSA) is 99.2 Å². The Bertz CT molecular complexity index is 1080. The van der Waals surface area contributed by atoms with Crippen molar-refractivity contribution in [1.82, 2.24) is 15.1 Å². The monoisotopic (exact) mass is 573 g/mol. The van der Waals surface area contributed by atoms with Gasteiger partial charge in [0.25, 0.3) is 0 Å². The van der Waals surface area contributed by atoms with Crippen LogP contribution in [-0.2, 0) is 16.1 Å². The second-order valence-electron chi connectivity index (χ2n) is 10.9. The van der Waals surface area contributed by atoms with Crippen LogP contribution in [0.3, 0.4) is 0 Å². The number of unbranched alkanes of at least 4 members (excludes halogenated alkanes) is 1. The van der Waals surface area contributed by atoms with Crippen molar-refractivity contribution in [1.29, 1.82) is 0 Å². The number of amides is 2. The lowest BCUT2D eigenvalue weighted by Gasteiger charge is -2.40. The minimum atomic E-state index is -0.962. The molecule has 40 heavy (non-hydrogen) atoms. The molecule has 2 aromatic rings. The van der Waals surface area contributed by atoms with Gasteiger partial charge in [-0.25, -0.2) is 4.79 Å². The van der Waals surface area contributed by atoms with Crippen molar-refractivity contribution in [2.45, 2.75) is 78.4 Å². The van der Waals surface area contributed by atoms with Crippen molar-refractivity contribution in [2.75, 3.05) is 19.6 Å². The van der Waals surface area contributed by atoms with Crippen LogP contribution in [0.5, 0.6) is 11.5 Å². The molecule has 9 heteroatoms. The Morgan fingerprint density at radius 1 is 1.02 bits per heavy atom. The van der Waals surface area contributed by atoms with Crippen molar-refractivity contribution < 1.29 is 24.2 Å². The summed E-state index contributed by atoms with van der Waals surface area (Å²) in [6.45, 7) is 11.1. The van der Waals surface area contributed by atoms with Gasteiger partial charge in [0, 0.05) is 39.1 Å². The van der Waals surface area contributed by atoms with Crippen LogP contribution >= 0.6 is 12.4 Å². The number of likely N-dealkylation sites (tertiary alicyclic amines) is 1. The lowest BCUT2D eigenvalue weighted by molar-refractivity contribution is -0.139. The highest BCUT2D eigenvalue weighted by Crippen LogP contribution is 2.24. The van der Waals surface area contributed by atoms with E-state index in [0.717, 1.165) is 51.9 Å². The summed E-state index contributed by atoms with van der Waals surface area (Å²) in [5.74, 6) is 0.531. The fourth-order valence-electron chi connectivity index (χ4n) is 5.05. The van der Waals surface area contributed by atoms with E-state index in [1.54, 1.807) is 12.1 Å². The normalized spacial score (nSPS) is 14.7. The maximum Gasteiger partial charge on any atom is 0.335 e. The number of carbonyl (C=O) groups excluding carboxylic acids is 2. The number of nitrogens with one attached hydrogen (secondary N) is 1. The maximum absolute atomic E-state index is 13.6. The highest BCUT2D eigenvalue weighted by atomic mass is 35.5. The molecule has 1 aliphatic rings. The quantitative estimate of drug-likeness (QED) is 0.317. The number of hydrogen-bond donors (Lipinski definition) is 2. The Hall–Kier alpha value is -3.10. The van der Waals surface area contributed by atoms with Crippen LogP contribution < -0.4 is 10.1 Å². The number of hydrogen-bond acceptors (Lipinski definition) is 5. The van der Waals surface area contributed by atoms with Crippen LogP contribution in [0.4, 0.5) is 0 Å². The van der Waals surface area contributed by atoms with E-state index >= 15 is 0 Å². The third-order valence-electron chi connectivity index (χ3n) is 7.08. The molecular weight excluding hydrogens is 530 g/mol. The summed E-state index contributed by atoms with van der Waals surface area (Å²) >= 11 is 0. The van der Waals surface area contributed by atoms with E-state index < -0.39 is 12.0 Å². The Kier molecular flexibility index (Phi) is 13.4. The number of benzene rings is 2. The fraction of sp³-hybridized carbons (Fsp3) is 0.516. The Labute approximate surface area is 244 Å². The molecule has 0 spiro atoms. The molecule has 0 saturated carbocycles. The summed E-state index contributed by atoms with van der Waals surface area (Å²) in [5.41, 5.74) is 1.41. The molecule has 1 aliphatic heterocycles. The van der Waals surface area contributed by atoms with E-state index in [1.165, 1.54) is 24.6 Å². The number of nitrogens with zero attached hydrogens (tertiary/aromatic N) is 2. The van der Waals surface area contributed by atoms with E-state index in [1.807, 2.05) is 29.2 Å². The number of ether oxygens (including phenoxy) is 1. The number of rotatable bonds is 13. The number of carbonyl (C=O) groups is 3. The predicted molar refractivity (Wildman–Crippen MR) is 159 cm³/mol. The van der Waals surface area contributed by atoms with Crippen LogP contribution in [0, 0.1) is 5.92 Å². The average Bonchev–Trinajstić information content (AvgIpc) is 2.90. The summed E-state index contributed by atoms with van der Waals surface area (Å²) in [6.07, 6.45) is 4.45. The third-order valence-corrected chi connectivity index (χ3v) is 7.08. The fourth-order valence-corrected chi connectivity index (χ4v) is 5.05. The zero-order valence-corrected chi connectivity index (χ0v) is 24.9. The zero-order valence-electron chi connectivity index (χ0n) is 24.1. The van der Waals surface area contributed by atoms with Crippen molar-refractivity contribution >= 4 is 30.2 Å². The molecule has 3 rings (SSSR count). The Morgan fingerprint density at radius 3 is 2.10 bits per heavy atom. The SMILES string of the molecule is CCCCN(C(=O)[C@H](CC(C)C)NC(C)=O)C1CCN(Cc2ccc(Oc3ccc(C(=O)O)cc3)cc2)CC1.Cl. The molecule has 0 bridgehead atoms. The van der Waals surface area contributed by atoms with Crippen LogP contribution in [-0.4, -0.2) is 64.4 Å². The van der Waals surface area contributed by atoms with Gasteiger partial charge in [-0.3, -0.25) is 14.5 Å². The summed E-state index contributed by atoms with van der Waals surface area (Å²) in [4.78, 5) is 40.8. The minimum Gasteiger partial charge on any atom is -0.478 e. The van der Waals surface area contributed by atoms with E-state index in [4.69, 9.17) is 9.84 Å². The Morgan fingerprint density at radius 2 is 1.60 bits per heavy atom. The summed E-state index contributed by atoms with van der Waals surface area (Å²) in [6, 6.07) is 14.0. The van der Waals surface area contributed by atoms with Gasteiger partial charge in [0.05, 0.1) is 5.56 Å². The highest BCUT2D eigenvalue weighted by Gasteiger charge is 2.32. The first-order valence-corrected chi connectivity index (χ1v) is 14.1.